The van der Waals surface area contributed by atoms with Crippen LogP contribution in [-0.4, -0.2) is 18.2 Å². The number of Topliss-reactive ketones (excluding diaryl/α,β-unsaturated/α-hetero) is 1. The molecule has 3 nitrogen and oxygen atoms in total. The summed E-state index contributed by atoms with van der Waals surface area (Å²) in [6.45, 7) is 6.57. The maximum absolute atomic E-state index is 11.3. The molecule has 1 amide bonds. The van der Waals surface area contributed by atoms with E-state index in [2.05, 4.69) is 19.2 Å². The zero-order valence-corrected chi connectivity index (χ0v) is 12.3. The second-order valence-electron chi connectivity index (χ2n) is 5.52. The third-order valence-corrected chi connectivity index (χ3v) is 2.87. The average molecular weight is 255 g/mol. The number of amides is 1. The number of unbranched alkanes of at least 4 members (excludes halogenated alkanes) is 5. The molecule has 0 fully saturated rings. The predicted molar refractivity (Wildman–Crippen MR) is 75.5 cm³/mol. The lowest BCUT2D eigenvalue weighted by Gasteiger charge is -2.06. The van der Waals surface area contributed by atoms with Crippen molar-refractivity contribution in [3.63, 3.8) is 0 Å². The standard InChI is InChI=1S/C15H29NO2/c1-13(2)12-15(18)16-11-9-7-5-4-6-8-10-14(3)17/h13H,4-12H2,1-3H3,(H,16,18). The first kappa shape index (κ1) is 17.1. The molecule has 0 aromatic rings. The fraction of sp³-hybridized carbons (Fsp3) is 0.867. The summed E-state index contributed by atoms with van der Waals surface area (Å²) in [4.78, 5) is 22.1. The molecule has 0 unspecified atom stereocenters. The van der Waals surface area contributed by atoms with Gasteiger partial charge in [0, 0.05) is 19.4 Å². The van der Waals surface area contributed by atoms with E-state index in [1.165, 1.54) is 19.3 Å². The highest BCUT2D eigenvalue weighted by molar-refractivity contribution is 5.76. The predicted octanol–water partition coefficient (Wildman–Crippen LogP) is 3.47. The van der Waals surface area contributed by atoms with Crippen LogP contribution >= 0.6 is 0 Å². The van der Waals surface area contributed by atoms with Crippen LogP contribution in [0.3, 0.4) is 0 Å². The minimum absolute atomic E-state index is 0.173. The number of nitrogens with one attached hydrogen (secondary N) is 1. The molecule has 106 valence electrons. The van der Waals surface area contributed by atoms with Crippen molar-refractivity contribution in [1.82, 2.24) is 5.32 Å². The summed E-state index contributed by atoms with van der Waals surface area (Å²) in [6, 6.07) is 0. The molecule has 0 aliphatic carbocycles. The van der Waals surface area contributed by atoms with E-state index in [1.807, 2.05) is 0 Å². The first-order chi connectivity index (χ1) is 8.52. The molecule has 0 saturated carbocycles. The summed E-state index contributed by atoms with van der Waals surface area (Å²) < 4.78 is 0. The minimum Gasteiger partial charge on any atom is -0.356 e. The molecule has 0 atom stereocenters. The van der Waals surface area contributed by atoms with Crippen molar-refractivity contribution in [2.45, 2.75) is 72.1 Å². The van der Waals surface area contributed by atoms with Crippen molar-refractivity contribution in [1.29, 1.82) is 0 Å². The number of ketones is 1. The molecule has 0 aliphatic rings. The van der Waals surface area contributed by atoms with Gasteiger partial charge in [-0.05, 0) is 25.7 Å². The van der Waals surface area contributed by atoms with Gasteiger partial charge >= 0.3 is 0 Å². The zero-order valence-electron chi connectivity index (χ0n) is 12.3. The van der Waals surface area contributed by atoms with Gasteiger partial charge in [0.1, 0.15) is 5.78 Å². The summed E-state index contributed by atoms with van der Waals surface area (Å²) in [6.07, 6.45) is 8.18. The van der Waals surface area contributed by atoms with Crippen molar-refractivity contribution < 1.29 is 9.59 Å². The van der Waals surface area contributed by atoms with Gasteiger partial charge in [-0.1, -0.05) is 39.5 Å². The van der Waals surface area contributed by atoms with E-state index in [1.54, 1.807) is 6.92 Å². The summed E-state index contributed by atoms with van der Waals surface area (Å²) in [5.41, 5.74) is 0. The van der Waals surface area contributed by atoms with Gasteiger partial charge in [-0.2, -0.15) is 0 Å². The van der Waals surface area contributed by atoms with Gasteiger partial charge in [-0.3, -0.25) is 4.79 Å². The van der Waals surface area contributed by atoms with Gasteiger partial charge in [-0.25, -0.2) is 0 Å². The van der Waals surface area contributed by atoms with Gasteiger partial charge in [0.05, 0.1) is 0 Å². The quantitative estimate of drug-likeness (QED) is 0.575. The lowest BCUT2D eigenvalue weighted by atomic mass is 10.1. The third kappa shape index (κ3) is 13.2. The molecule has 0 heterocycles. The van der Waals surface area contributed by atoms with Crippen molar-refractivity contribution in [2.75, 3.05) is 6.54 Å². The van der Waals surface area contributed by atoms with Crippen LogP contribution in [0.25, 0.3) is 0 Å². The maximum Gasteiger partial charge on any atom is 0.220 e. The number of hydrogen-bond acceptors (Lipinski definition) is 2. The fourth-order valence-electron chi connectivity index (χ4n) is 1.88. The number of carbonyl (C=O) groups excluding carboxylic acids is 2. The first-order valence-electron chi connectivity index (χ1n) is 7.28. The van der Waals surface area contributed by atoms with E-state index in [9.17, 15) is 9.59 Å². The topological polar surface area (TPSA) is 46.2 Å². The molecular formula is C15H29NO2. The van der Waals surface area contributed by atoms with E-state index in [4.69, 9.17) is 0 Å². The Kier molecular flexibility index (Phi) is 10.7. The molecule has 0 aliphatic heterocycles. The molecular weight excluding hydrogens is 226 g/mol. The number of carbonyl (C=O) groups is 2. The van der Waals surface area contributed by atoms with Crippen molar-refractivity contribution >= 4 is 11.7 Å². The Morgan fingerprint density at radius 3 is 2.06 bits per heavy atom. The Morgan fingerprint density at radius 2 is 1.50 bits per heavy atom. The molecule has 18 heavy (non-hydrogen) atoms. The lowest BCUT2D eigenvalue weighted by molar-refractivity contribution is -0.121. The van der Waals surface area contributed by atoms with Gasteiger partial charge in [0.15, 0.2) is 0 Å². The molecule has 1 N–H and O–H groups in total. The fourth-order valence-corrected chi connectivity index (χ4v) is 1.88. The number of hydrogen-bond donors (Lipinski definition) is 1. The van der Waals surface area contributed by atoms with Crippen LogP contribution in [-0.2, 0) is 9.59 Å². The summed E-state index contributed by atoms with van der Waals surface area (Å²) >= 11 is 0. The van der Waals surface area contributed by atoms with Crippen LogP contribution in [0.5, 0.6) is 0 Å². The molecule has 0 bridgehead atoms. The minimum atomic E-state index is 0.173. The van der Waals surface area contributed by atoms with Crippen LogP contribution < -0.4 is 5.32 Å². The van der Waals surface area contributed by atoms with Gasteiger partial charge in [-0.15, -0.1) is 0 Å². The van der Waals surface area contributed by atoms with E-state index >= 15 is 0 Å². The van der Waals surface area contributed by atoms with Crippen LogP contribution in [0.15, 0.2) is 0 Å². The molecule has 0 rings (SSSR count). The van der Waals surface area contributed by atoms with Gasteiger partial charge < -0.3 is 10.1 Å². The van der Waals surface area contributed by atoms with Crippen LogP contribution in [0.4, 0.5) is 0 Å². The van der Waals surface area contributed by atoms with Crippen molar-refractivity contribution in [3.8, 4) is 0 Å². The molecule has 0 radical (unpaired) electrons. The van der Waals surface area contributed by atoms with Gasteiger partial charge in [0.25, 0.3) is 0 Å². The molecule has 0 aromatic carbocycles. The van der Waals surface area contributed by atoms with E-state index in [0.717, 1.165) is 32.2 Å². The summed E-state index contributed by atoms with van der Waals surface area (Å²) in [5.74, 6) is 0.903. The first-order valence-corrected chi connectivity index (χ1v) is 7.28. The summed E-state index contributed by atoms with van der Waals surface area (Å²) in [7, 11) is 0. The highest BCUT2D eigenvalue weighted by atomic mass is 16.1. The molecule has 0 spiro atoms. The highest BCUT2D eigenvalue weighted by Crippen LogP contribution is 2.07. The van der Waals surface area contributed by atoms with Crippen LogP contribution in [0.2, 0.25) is 0 Å². The monoisotopic (exact) mass is 255 g/mol. The normalized spacial score (nSPS) is 10.7. The Bertz CT molecular complexity index is 237. The zero-order chi connectivity index (χ0) is 13.8. The van der Waals surface area contributed by atoms with Crippen molar-refractivity contribution in [3.05, 3.63) is 0 Å². The van der Waals surface area contributed by atoms with E-state index in [-0.39, 0.29) is 5.91 Å². The van der Waals surface area contributed by atoms with Gasteiger partial charge in [0.2, 0.25) is 5.91 Å². The Balaban J connectivity index is 3.16. The van der Waals surface area contributed by atoms with Crippen LogP contribution in [0, 0.1) is 5.92 Å². The van der Waals surface area contributed by atoms with Crippen molar-refractivity contribution in [2.24, 2.45) is 5.92 Å². The molecule has 3 heteroatoms. The Morgan fingerprint density at radius 1 is 0.944 bits per heavy atom. The largest absolute Gasteiger partial charge is 0.356 e. The Labute approximate surface area is 112 Å². The molecule has 0 saturated heterocycles. The van der Waals surface area contributed by atoms with E-state index in [0.29, 0.717) is 18.1 Å². The number of rotatable bonds is 11. The van der Waals surface area contributed by atoms with Crippen LogP contribution in [0.1, 0.15) is 72.1 Å². The smallest absolute Gasteiger partial charge is 0.220 e. The third-order valence-electron chi connectivity index (χ3n) is 2.87. The second-order valence-corrected chi connectivity index (χ2v) is 5.52. The average Bonchev–Trinajstić information content (AvgIpc) is 2.25. The maximum atomic E-state index is 11.3. The SMILES string of the molecule is CC(=O)CCCCCCCCNC(=O)CC(C)C. The Hall–Kier alpha value is -0.860. The lowest BCUT2D eigenvalue weighted by Crippen LogP contribution is -2.25. The summed E-state index contributed by atoms with van der Waals surface area (Å²) in [5, 5.41) is 2.95. The van der Waals surface area contributed by atoms with E-state index < -0.39 is 0 Å². The second kappa shape index (κ2) is 11.2. The highest BCUT2D eigenvalue weighted by Gasteiger charge is 2.03. The molecule has 0 aromatic heterocycles.